The van der Waals surface area contributed by atoms with Crippen LogP contribution in [-0.4, -0.2) is 25.5 Å². The van der Waals surface area contributed by atoms with Crippen LogP contribution in [-0.2, 0) is 22.1 Å². The molecule has 9 heteroatoms. The van der Waals surface area contributed by atoms with Crippen LogP contribution in [0.1, 0.15) is 50.8 Å². The molecule has 4 rings (SSSR count). The molecular weight excluding hydrogens is 409 g/mol. The smallest absolute Gasteiger partial charge is 0.385 e. The molecule has 6 nitrogen and oxygen atoms in total. The van der Waals surface area contributed by atoms with Gasteiger partial charge in [0.25, 0.3) is 0 Å². The van der Waals surface area contributed by atoms with Crippen LogP contribution in [0.5, 0.6) is 0 Å². The summed E-state index contributed by atoms with van der Waals surface area (Å²) < 4.78 is 41.2. The van der Waals surface area contributed by atoms with E-state index in [9.17, 15) is 23.1 Å². The summed E-state index contributed by atoms with van der Waals surface area (Å²) in [5.74, 6) is -0.359. The number of aromatic nitrogens is 3. The molecular formula is C22H23F3N4O2. The average molecular weight is 432 g/mol. The summed E-state index contributed by atoms with van der Waals surface area (Å²) in [4.78, 5) is 20.9. The maximum atomic E-state index is 13.2. The lowest BCUT2D eigenvalue weighted by Gasteiger charge is -2.40. The number of amides is 1. The fourth-order valence-electron chi connectivity index (χ4n) is 4.00. The van der Waals surface area contributed by atoms with Gasteiger partial charge in [-0.1, -0.05) is 30.3 Å². The number of fused-ring (bicyclic) bond motifs is 1. The van der Waals surface area contributed by atoms with Gasteiger partial charge in [0, 0.05) is 5.54 Å². The Morgan fingerprint density at radius 3 is 2.42 bits per heavy atom. The van der Waals surface area contributed by atoms with Crippen molar-refractivity contribution in [3.05, 3.63) is 53.7 Å². The SMILES string of the molecule is CC(O)(CC(=O)Nc1nc2ccc(C(F)(F)F)nc2n1C1(C)CCC1)c1ccccc1. The molecule has 31 heavy (non-hydrogen) atoms. The Balaban J connectivity index is 1.68. The third kappa shape index (κ3) is 4.01. The molecule has 2 heterocycles. The number of pyridine rings is 1. The summed E-state index contributed by atoms with van der Waals surface area (Å²) in [5.41, 5.74) is -1.97. The number of hydrogen-bond acceptors (Lipinski definition) is 4. The number of imidazole rings is 1. The minimum Gasteiger partial charge on any atom is -0.385 e. The topological polar surface area (TPSA) is 80.0 Å². The molecule has 0 bridgehead atoms. The number of rotatable bonds is 5. The highest BCUT2D eigenvalue weighted by atomic mass is 19.4. The molecule has 1 aliphatic rings. The summed E-state index contributed by atoms with van der Waals surface area (Å²) in [6.45, 7) is 3.45. The van der Waals surface area contributed by atoms with Crippen molar-refractivity contribution < 1.29 is 23.1 Å². The molecule has 0 spiro atoms. The summed E-state index contributed by atoms with van der Waals surface area (Å²) in [5, 5.41) is 13.5. The number of nitrogens with one attached hydrogen (secondary N) is 1. The lowest BCUT2D eigenvalue weighted by Crippen LogP contribution is -2.39. The van der Waals surface area contributed by atoms with Crippen molar-refractivity contribution in [2.75, 3.05) is 5.32 Å². The highest BCUT2D eigenvalue weighted by Gasteiger charge is 2.39. The van der Waals surface area contributed by atoms with Gasteiger partial charge in [-0.15, -0.1) is 0 Å². The van der Waals surface area contributed by atoms with E-state index in [2.05, 4.69) is 15.3 Å². The van der Waals surface area contributed by atoms with Gasteiger partial charge >= 0.3 is 6.18 Å². The second-order valence-electron chi connectivity index (χ2n) is 8.52. The molecule has 1 amide bonds. The van der Waals surface area contributed by atoms with Crippen LogP contribution < -0.4 is 5.32 Å². The minimum atomic E-state index is -4.58. The first kappa shape index (κ1) is 21.3. The summed E-state index contributed by atoms with van der Waals surface area (Å²) >= 11 is 0. The number of carbonyl (C=O) groups excluding carboxylic acids is 1. The molecule has 164 valence electrons. The summed E-state index contributed by atoms with van der Waals surface area (Å²) in [7, 11) is 0. The highest BCUT2D eigenvalue weighted by molar-refractivity contribution is 5.92. The summed E-state index contributed by atoms with van der Waals surface area (Å²) in [6, 6.07) is 10.9. The Morgan fingerprint density at radius 1 is 1.16 bits per heavy atom. The van der Waals surface area contributed by atoms with Gasteiger partial charge in [0.1, 0.15) is 11.2 Å². The third-order valence-corrected chi connectivity index (χ3v) is 5.92. The van der Waals surface area contributed by atoms with Crippen LogP contribution >= 0.6 is 0 Å². The van der Waals surface area contributed by atoms with E-state index in [1.807, 2.05) is 13.0 Å². The Labute approximate surface area is 177 Å². The molecule has 1 fully saturated rings. The van der Waals surface area contributed by atoms with Crippen molar-refractivity contribution in [1.29, 1.82) is 0 Å². The molecule has 0 saturated heterocycles. The number of carbonyl (C=O) groups is 1. The second kappa shape index (κ2) is 7.33. The van der Waals surface area contributed by atoms with Crippen LogP contribution in [0, 0.1) is 0 Å². The monoisotopic (exact) mass is 432 g/mol. The first-order valence-corrected chi connectivity index (χ1v) is 10.0. The lowest BCUT2D eigenvalue weighted by atomic mass is 9.78. The number of halogens is 3. The molecule has 1 aliphatic carbocycles. The first-order valence-electron chi connectivity index (χ1n) is 10.0. The van der Waals surface area contributed by atoms with E-state index in [0.717, 1.165) is 25.3 Å². The van der Waals surface area contributed by atoms with Crippen LogP contribution in [0.3, 0.4) is 0 Å². The van der Waals surface area contributed by atoms with Gasteiger partial charge in [-0.3, -0.25) is 14.7 Å². The van der Waals surface area contributed by atoms with E-state index in [-0.39, 0.29) is 23.5 Å². The van der Waals surface area contributed by atoms with Crippen LogP contribution in [0.15, 0.2) is 42.5 Å². The zero-order chi connectivity index (χ0) is 22.4. The molecule has 1 saturated carbocycles. The van der Waals surface area contributed by atoms with E-state index in [0.29, 0.717) is 5.56 Å². The first-order chi connectivity index (χ1) is 14.5. The lowest BCUT2D eigenvalue weighted by molar-refractivity contribution is -0.141. The molecule has 1 atom stereocenters. The zero-order valence-electron chi connectivity index (χ0n) is 17.2. The van der Waals surface area contributed by atoms with E-state index in [1.54, 1.807) is 28.8 Å². The van der Waals surface area contributed by atoms with E-state index in [1.165, 1.54) is 13.0 Å². The molecule has 3 aromatic rings. The average Bonchev–Trinajstić information content (AvgIpc) is 3.02. The molecule has 2 N–H and O–H groups in total. The van der Waals surface area contributed by atoms with Gasteiger partial charge < -0.3 is 5.11 Å². The van der Waals surface area contributed by atoms with E-state index in [4.69, 9.17) is 0 Å². The molecule has 0 radical (unpaired) electrons. The van der Waals surface area contributed by atoms with Crippen molar-refractivity contribution in [2.24, 2.45) is 0 Å². The van der Waals surface area contributed by atoms with Gasteiger partial charge in [-0.05, 0) is 50.8 Å². The van der Waals surface area contributed by atoms with Crippen molar-refractivity contribution in [1.82, 2.24) is 14.5 Å². The van der Waals surface area contributed by atoms with Crippen molar-refractivity contribution in [3.8, 4) is 0 Å². The number of alkyl halides is 3. The predicted octanol–water partition coefficient (Wildman–Crippen LogP) is 4.59. The van der Waals surface area contributed by atoms with Gasteiger partial charge in [0.05, 0.1) is 12.0 Å². The molecule has 1 aromatic carbocycles. The van der Waals surface area contributed by atoms with Crippen LogP contribution in [0.4, 0.5) is 19.1 Å². The predicted molar refractivity (Wildman–Crippen MR) is 109 cm³/mol. The normalized spacial score (nSPS) is 17.7. The maximum Gasteiger partial charge on any atom is 0.433 e. The summed E-state index contributed by atoms with van der Waals surface area (Å²) in [6.07, 6.45) is -2.42. The van der Waals surface area contributed by atoms with E-state index >= 15 is 0 Å². The fraction of sp³-hybridized carbons (Fsp3) is 0.409. The van der Waals surface area contributed by atoms with Gasteiger partial charge in [0.2, 0.25) is 11.9 Å². The second-order valence-corrected chi connectivity index (χ2v) is 8.52. The Morgan fingerprint density at radius 2 is 1.84 bits per heavy atom. The standard InChI is InChI=1S/C22H23F3N4O2/c1-20(11-6-12-20)29-18-15(9-10-16(27-18)22(23,24)25)26-19(29)28-17(30)13-21(2,31)14-7-4-3-5-8-14/h3-5,7-10,31H,6,11-13H2,1-2H3,(H,26,28,30). The number of benzene rings is 1. The number of nitrogens with zero attached hydrogens (tertiary/aromatic N) is 3. The molecule has 2 aromatic heterocycles. The zero-order valence-corrected chi connectivity index (χ0v) is 17.2. The Kier molecular flexibility index (Phi) is 5.04. The van der Waals surface area contributed by atoms with Crippen LogP contribution in [0.2, 0.25) is 0 Å². The van der Waals surface area contributed by atoms with Gasteiger partial charge in [-0.25, -0.2) is 9.97 Å². The van der Waals surface area contributed by atoms with Gasteiger partial charge in [0.15, 0.2) is 5.65 Å². The third-order valence-electron chi connectivity index (χ3n) is 5.92. The van der Waals surface area contributed by atoms with Crippen LogP contribution in [0.25, 0.3) is 11.2 Å². The molecule has 1 unspecified atom stereocenters. The largest absolute Gasteiger partial charge is 0.433 e. The highest BCUT2D eigenvalue weighted by Crippen LogP contribution is 2.43. The van der Waals surface area contributed by atoms with Crippen molar-refractivity contribution in [2.45, 2.75) is 56.8 Å². The van der Waals surface area contributed by atoms with E-state index < -0.39 is 28.9 Å². The number of hydrogen-bond donors (Lipinski definition) is 2. The number of aliphatic hydroxyl groups is 1. The molecule has 0 aliphatic heterocycles. The van der Waals surface area contributed by atoms with Crippen molar-refractivity contribution in [3.63, 3.8) is 0 Å². The van der Waals surface area contributed by atoms with Gasteiger partial charge in [-0.2, -0.15) is 13.2 Å². The Hall–Kier alpha value is -2.94. The number of anilines is 1. The quantitative estimate of drug-likeness (QED) is 0.618. The minimum absolute atomic E-state index is 0.0853. The Bertz CT molecular complexity index is 1120. The fourth-order valence-corrected chi connectivity index (χ4v) is 4.00. The maximum absolute atomic E-state index is 13.2. The van der Waals surface area contributed by atoms with Crippen molar-refractivity contribution >= 4 is 23.0 Å².